The van der Waals surface area contributed by atoms with Gasteiger partial charge in [0.1, 0.15) is 6.10 Å². The molecule has 2 unspecified atom stereocenters. The van der Waals surface area contributed by atoms with E-state index in [1.54, 1.807) is 0 Å². The topological polar surface area (TPSA) is 77.8 Å². The monoisotopic (exact) mass is 201 g/mol. The van der Waals surface area contributed by atoms with E-state index < -0.39 is 18.1 Å². The molecule has 0 aromatic heterocycles. The molecule has 1 saturated heterocycles. The van der Waals surface area contributed by atoms with E-state index in [0.717, 1.165) is 19.3 Å². The van der Waals surface area contributed by atoms with Gasteiger partial charge in [-0.25, -0.2) is 0 Å². The van der Waals surface area contributed by atoms with Gasteiger partial charge in [-0.2, -0.15) is 0 Å². The minimum atomic E-state index is -1.61. The highest BCUT2D eigenvalue weighted by Gasteiger charge is 2.28. The van der Waals surface area contributed by atoms with Gasteiger partial charge in [-0.1, -0.05) is 0 Å². The van der Waals surface area contributed by atoms with Crippen LogP contribution in [-0.2, 0) is 9.59 Å². The third-order valence-corrected chi connectivity index (χ3v) is 2.38. The van der Waals surface area contributed by atoms with Gasteiger partial charge in [0.2, 0.25) is 0 Å². The van der Waals surface area contributed by atoms with E-state index in [4.69, 9.17) is 5.11 Å². The highest BCUT2D eigenvalue weighted by molar-refractivity contribution is 5.84. The maximum atomic E-state index is 11.5. The maximum Gasteiger partial charge on any atom is 0.254 e. The molecule has 1 amide bonds. The Kier molecular flexibility index (Phi) is 4.03. The fourth-order valence-electron chi connectivity index (χ4n) is 1.52. The van der Waals surface area contributed by atoms with Crippen molar-refractivity contribution in [2.45, 2.75) is 31.5 Å². The Balaban J connectivity index is 2.49. The molecule has 0 saturated carbocycles. The molecule has 1 aliphatic heterocycles. The maximum absolute atomic E-state index is 11.5. The number of piperidine rings is 1. The van der Waals surface area contributed by atoms with Crippen molar-refractivity contribution in [1.29, 1.82) is 0 Å². The average molecular weight is 201 g/mol. The zero-order valence-electron chi connectivity index (χ0n) is 7.93. The second kappa shape index (κ2) is 5.07. The van der Waals surface area contributed by atoms with Gasteiger partial charge in [0, 0.05) is 13.1 Å². The summed E-state index contributed by atoms with van der Waals surface area (Å²) >= 11 is 0. The number of likely N-dealkylation sites (tertiary alicyclic amines) is 1. The summed E-state index contributed by atoms with van der Waals surface area (Å²) in [4.78, 5) is 23.1. The summed E-state index contributed by atoms with van der Waals surface area (Å²) in [6.07, 6.45) is -0.136. The molecule has 2 atom stereocenters. The van der Waals surface area contributed by atoms with E-state index >= 15 is 0 Å². The number of rotatable bonds is 3. The van der Waals surface area contributed by atoms with Crippen LogP contribution in [0.3, 0.4) is 0 Å². The van der Waals surface area contributed by atoms with E-state index in [-0.39, 0.29) is 6.29 Å². The molecule has 1 rings (SSSR count). The minimum Gasteiger partial charge on any atom is -0.382 e. The van der Waals surface area contributed by atoms with Crippen LogP contribution in [0.1, 0.15) is 19.3 Å². The normalized spacial score (nSPS) is 21.4. The summed E-state index contributed by atoms with van der Waals surface area (Å²) in [7, 11) is 0. The second-order valence-corrected chi connectivity index (χ2v) is 3.46. The van der Waals surface area contributed by atoms with Gasteiger partial charge < -0.3 is 19.9 Å². The zero-order valence-corrected chi connectivity index (χ0v) is 7.93. The molecule has 1 heterocycles. The summed E-state index contributed by atoms with van der Waals surface area (Å²) in [5.74, 6) is -0.552. The Labute approximate surface area is 82.3 Å². The molecule has 1 aliphatic rings. The van der Waals surface area contributed by atoms with E-state index in [1.165, 1.54) is 4.90 Å². The molecule has 0 aromatic rings. The average Bonchev–Trinajstić information content (AvgIpc) is 2.27. The van der Waals surface area contributed by atoms with Gasteiger partial charge in [0.25, 0.3) is 5.91 Å². The van der Waals surface area contributed by atoms with Crippen LogP contribution in [0.2, 0.25) is 0 Å². The van der Waals surface area contributed by atoms with Crippen molar-refractivity contribution in [3.63, 3.8) is 0 Å². The van der Waals surface area contributed by atoms with Gasteiger partial charge in [0.15, 0.2) is 12.4 Å². The first-order chi connectivity index (χ1) is 6.66. The molecule has 0 bridgehead atoms. The summed E-state index contributed by atoms with van der Waals surface area (Å²) in [5.41, 5.74) is 0. The van der Waals surface area contributed by atoms with Gasteiger partial charge in [-0.05, 0) is 19.3 Å². The predicted octanol–water partition coefficient (Wildman–Crippen LogP) is -1.08. The minimum absolute atomic E-state index is 0.173. The van der Waals surface area contributed by atoms with Crippen LogP contribution in [0.15, 0.2) is 0 Å². The smallest absolute Gasteiger partial charge is 0.254 e. The Morgan fingerprint density at radius 2 is 1.79 bits per heavy atom. The van der Waals surface area contributed by atoms with Crippen LogP contribution in [0, 0.1) is 0 Å². The number of hydrogen-bond acceptors (Lipinski definition) is 4. The van der Waals surface area contributed by atoms with Crippen LogP contribution in [-0.4, -0.2) is 52.6 Å². The molecule has 1 fully saturated rings. The molecule has 0 radical (unpaired) electrons. The highest BCUT2D eigenvalue weighted by Crippen LogP contribution is 2.10. The first-order valence-electron chi connectivity index (χ1n) is 4.77. The van der Waals surface area contributed by atoms with Crippen molar-refractivity contribution >= 4 is 12.2 Å². The van der Waals surface area contributed by atoms with Crippen LogP contribution >= 0.6 is 0 Å². The molecule has 0 spiro atoms. The molecular formula is C9H15NO4. The number of nitrogens with zero attached hydrogens (tertiary/aromatic N) is 1. The summed E-state index contributed by atoms with van der Waals surface area (Å²) in [6, 6.07) is 0. The molecule has 14 heavy (non-hydrogen) atoms. The number of aliphatic hydroxyl groups is 2. The van der Waals surface area contributed by atoms with Crippen molar-refractivity contribution in [2.75, 3.05) is 13.1 Å². The molecule has 5 heteroatoms. The van der Waals surface area contributed by atoms with E-state index in [0.29, 0.717) is 13.1 Å². The first kappa shape index (κ1) is 11.1. The summed E-state index contributed by atoms with van der Waals surface area (Å²) in [5, 5.41) is 18.2. The largest absolute Gasteiger partial charge is 0.382 e. The third kappa shape index (κ3) is 2.52. The summed E-state index contributed by atoms with van der Waals surface area (Å²) < 4.78 is 0. The van der Waals surface area contributed by atoms with E-state index in [1.807, 2.05) is 0 Å². The van der Waals surface area contributed by atoms with E-state index in [2.05, 4.69) is 0 Å². The van der Waals surface area contributed by atoms with Crippen LogP contribution in [0.4, 0.5) is 0 Å². The Bertz CT molecular complexity index is 213. The van der Waals surface area contributed by atoms with Crippen LogP contribution in [0.25, 0.3) is 0 Å². The number of aliphatic hydroxyl groups excluding tert-OH is 2. The lowest BCUT2D eigenvalue weighted by atomic mass is 10.1. The Morgan fingerprint density at radius 1 is 1.21 bits per heavy atom. The van der Waals surface area contributed by atoms with Gasteiger partial charge in [-0.3, -0.25) is 4.79 Å². The number of aldehydes is 1. The number of carbonyl (C=O) groups excluding carboxylic acids is 2. The third-order valence-electron chi connectivity index (χ3n) is 2.38. The van der Waals surface area contributed by atoms with Gasteiger partial charge in [0.05, 0.1) is 0 Å². The Morgan fingerprint density at radius 3 is 2.29 bits per heavy atom. The van der Waals surface area contributed by atoms with Crippen molar-refractivity contribution in [1.82, 2.24) is 4.90 Å². The van der Waals surface area contributed by atoms with Crippen LogP contribution in [0.5, 0.6) is 0 Å². The highest BCUT2D eigenvalue weighted by atomic mass is 16.3. The first-order valence-corrected chi connectivity index (χ1v) is 4.77. The lowest BCUT2D eigenvalue weighted by Gasteiger charge is -2.29. The van der Waals surface area contributed by atoms with Crippen LogP contribution < -0.4 is 0 Å². The fraction of sp³-hybridized carbons (Fsp3) is 0.778. The number of hydrogen-bond donors (Lipinski definition) is 2. The van der Waals surface area contributed by atoms with Gasteiger partial charge in [-0.15, -0.1) is 0 Å². The lowest BCUT2D eigenvalue weighted by molar-refractivity contribution is -0.149. The lowest BCUT2D eigenvalue weighted by Crippen LogP contribution is -2.47. The van der Waals surface area contributed by atoms with Crippen molar-refractivity contribution in [3.8, 4) is 0 Å². The standard InChI is InChI=1S/C9H15NO4/c11-6-7(12)8(13)9(14)10-4-2-1-3-5-10/h6-8,12-13H,1-5H2. The SMILES string of the molecule is O=CC(O)C(O)C(=O)N1CCCCC1. The molecular weight excluding hydrogens is 186 g/mol. The Hall–Kier alpha value is -0.940. The molecule has 80 valence electrons. The van der Waals surface area contributed by atoms with Crippen molar-refractivity contribution in [3.05, 3.63) is 0 Å². The van der Waals surface area contributed by atoms with E-state index in [9.17, 15) is 14.7 Å². The fourth-order valence-corrected chi connectivity index (χ4v) is 1.52. The van der Waals surface area contributed by atoms with Crippen molar-refractivity contribution < 1.29 is 19.8 Å². The number of carbonyl (C=O) groups is 2. The molecule has 2 N–H and O–H groups in total. The summed E-state index contributed by atoms with van der Waals surface area (Å²) in [6.45, 7) is 1.20. The van der Waals surface area contributed by atoms with Crippen molar-refractivity contribution in [2.24, 2.45) is 0 Å². The molecule has 0 aromatic carbocycles. The molecule has 5 nitrogen and oxygen atoms in total. The molecule has 0 aliphatic carbocycles. The number of amides is 1. The van der Waals surface area contributed by atoms with Gasteiger partial charge >= 0.3 is 0 Å². The second-order valence-electron chi connectivity index (χ2n) is 3.46. The quantitative estimate of drug-likeness (QED) is 0.569. The predicted molar refractivity (Wildman–Crippen MR) is 48.5 cm³/mol. The zero-order chi connectivity index (χ0) is 10.6.